The second-order valence-electron chi connectivity index (χ2n) is 4.46. The molecule has 0 amide bonds. The summed E-state index contributed by atoms with van der Waals surface area (Å²) in [5, 5.41) is 0. The summed E-state index contributed by atoms with van der Waals surface area (Å²) in [6, 6.07) is 2.44. The van der Waals surface area contributed by atoms with Crippen LogP contribution in [0.3, 0.4) is 0 Å². The van der Waals surface area contributed by atoms with Crippen LogP contribution < -0.4 is 5.73 Å². The molecule has 0 aromatic carbocycles. The number of furan rings is 1. The minimum Gasteiger partial charge on any atom is -0.469 e. The van der Waals surface area contributed by atoms with E-state index < -0.39 is 0 Å². The van der Waals surface area contributed by atoms with Gasteiger partial charge in [0.1, 0.15) is 5.76 Å². The molecule has 17 heavy (non-hydrogen) atoms. The minimum atomic E-state index is 0.415. The van der Waals surface area contributed by atoms with Gasteiger partial charge in [0.2, 0.25) is 0 Å². The monoisotopic (exact) mass is 240 g/mol. The first-order valence-electron chi connectivity index (χ1n) is 6.11. The van der Waals surface area contributed by atoms with E-state index in [1.807, 2.05) is 13.0 Å². The van der Waals surface area contributed by atoms with E-state index in [0.29, 0.717) is 6.04 Å². The van der Waals surface area contributed by atoms with Gasteiger partial charge < -0.3 is 14.9 Å². The van der Waals surface area contributed by atoms with Crippen LogP contribution in [-0.2, 0) is 11.3 Å². The van der Waals surface area contributed by atoms with Gasteiger partial charge >= 0.3 is 0 Å². The fourth-order valence-electron chi connectivity index (χ4n) is 1.95. The zero-order chi connectivity index (χ0) is 12.7. The summed E-state index contributed by atoms with van der Waals surface area (Å²) < 4.78 is 10.6. The van der Waals surface area contributed by atoms with Crippen molar-refractivity contribution in [3.63, 3.8) is 0 Å². The molecule has 0 aliphatic rings. The summed E-state index contributed by atoms with van der Waals surface area (Å²) in [6.45, 7) is 4.36. The molecule has 0 aliphatic carbocycles. The molecular weight excluding hydrogens is 216 g/mol. The standard InChI is InChI=1S/C13H24N2O2/c1-11-12(6-8-17-11)9-15(2)13(10-16-3)5-4-7-14/h6,8,13H,4-5,7,9-10,14H2,1-3H3. The number of hydrogen-bond acceptors (Lipinski definition) is 4. The van der Waals surface area contributed by atoms with Gasteiger partial charge in [0.25, 0.3) is 0 Å². The van der Waals surface area contributed by atoms with Crippen LogP contribution in [0.5, 0.6) is 0 Å². The topological polar surface area (TPSA) is 51.6 Å². The van der Waals surface area contributed by atoms with E-state index in [4.69, 9.17) is 14.9 Å². The van der Waals surface area contributed by atoms with Gasteiger partial charge in [-0.3, -0.25) is 4.90 Å². The van der Waals surface area contributed by atoms with Crippen molar-refractivity contribution < 1.29 is 9.15 Å². The van der Waals surface area contributed by atoms with Crippen LogP contribution in [-0.4, -0.2) is 38.3 Å². The zero-order valence-corrected chi connectivity index (χ0v) is 11.1. The molecule has 4 heteroatoms. The number of nitrogens with two attached hydrogens (primary N) is 1. The second kappa shape index (κ2) is 7.48. The molecule has 0 bridgehead atoms. The Kier molecular flexibility index (Phi) is 6.26. The highest BCUT2D eigenvalue weighted by Crippen LogP contribution is 2.14. The molecule has 2 N–H and O–H groups in total. The molecule has 98 valence electrons. The second-order valence-corrected chi connectivity index (χ2v) is 4.46. The number of hydrogen-bond donors (Lipinski definition) is 1. The van der Waals surface area contributed by atoms with Gasteiger partial charge in [-0.05, 0) is 39.4 Å². The average molecular weight is 240 g/mol. The van der Waals surface area contributed by atoms with Crippen molar-refractivity contribution in [1.29, 1.82) is 0 Å². The molecule has 0 aliphatic heterocycles. The largest absolute Gasteiger partial charge is 0.469 e. The van der Waals surface area contributed by atoms with Gasteiger partial charge in [-0.25, -0.2) is 0 Å². The van der Waals surface area contributed by atoms with Crippen molar-refractivity contribution in [2.45, 2.75) is 32.4 Å². The highest BCUT2D eigenvalue weighted by atomic mass is 16.5. The fraction of sp³-hybridized carbons (Fsp3) is 0.692. The third-order valence-corrected chi connectivity index (χ3v) is 3.11. The maximum absolute atomic E-state index is 5.56. The van der Waals surface area contributed by atoms with Crippen molar-refractivity contribution in [1.82, 2.24) is 4.90 Å². The smallest absolute Gasteiger partial charge is 0.105 e. The molecule has 1 unspecified atom stereocenters. The lowest BCUT2D eigenvalue weighted by Crippen LogP contribution is -2.35. The fourth-order valence-corrected chi connectivity index (χ4v) is 1.95. The normalized spacial score (nSPS) is 13.2. The molecule has 4 nitrogen and oxygen atoms in total. The lowest BCUT2D eigenvalue weighted by molar-refractivity contribution is 0.0959. The quantitative estimate of drug-likeness (QED) is 0.752. The highest BCUT2D eigenvalue weighted by Gasteiger charge is 2.15. The molecule has 1 atom stereocenters. The van der Waals surface area contributed by atoms with Crippen LogP contribution in [0.2, 0.25) is 0 Å². The Labute approximate surface area is 104 Å². The Bertz CT molecular complexity index is 312. The summed E-state index contributed by atoms with van der Waals surface area (Å²) in [5.74, 6) is 0.992. The van der Waals surface area contributed by atoms with Gasteiger partial charge in [0.05, 0.1) is 12.9 Å². The summed E-state index contributed by atoms with van der Waals surface area (Å²) in [7, 11) is 3.86. The summed E-state index contributed by atoms with van der Waals surface area (Å²) in [4.78, 5) is 2.30. The van der Waals surface area contributed by atoms with Crippen LogP contribution in [0.4, 0.5) is 0 Å². The lowest BCUT2D eigenvalue weighted by atomic mass is 10.1. The van der Waals surface area contributed by atoms with Crippen LogP contribution in [0.1, 0.15) is 24.2 Å². The van der Waals surface area contributed by atoms with Gasteiger partial charge in [0.15, 0.2) is 0 Å². The third kappa shape index (κ3) is 4.50. The Morgan fingerprint density at radius 1 is 1.53 bits per heavy atom. The van der Waals surface area contributed by atoms with E-state index in [1.165, 1.54) is 5.56 Å². The van der Waals surface area contributed by atoms with E-state index in [1.54, 1.807) is 13.4 Å². The molecule has 0 saturated heterocycles. The SMILES string of the molecule is COCC(CCCN)N(C)Cc1ccoc1C. The maximum atomic E-state index is 5.56. The number of ether oxygens (including phenoxy) is 1. The van der Waals surface area contributed by atoms with Crippen molar-refractivity contribution in [3.05, 3.63) is 23.7 Å². The molecule has 1 aromatic rings. The molecular formula is C13H24N2O2. The first-order valence-corrected chi connectivity index (χ1v) is 6.11. The Balaban J connectivity index is 2.52. The van der Waals surface area contributed by atoms with E-state index in [2.05, 4.69) is 11.9 Å². The molecule has 1 heterocycles. The van der Waals surface area contributed by atoms with E-state index in [9.17, 15) is 0 Å². The zero-order valence-electron chi connectivity index (χ0n) is 11.1. The molecule has 1 aromatic heterocycles. The lowest BCUT2D eigenvalue weighted by Gasteiger charge is -2.27. The Morgan fingerprint density at radius 2 is 2.29 bits per heavy atom. The van der Waals surface area contributed by atoms with Gasteiger partial charge in [0, 0.05) is 25.3 Å². The van der Waals surface area contributed by atoms with Gasteiger partial charge in [-0.2, -0.15) is 0 Å². The van der Waals surface area contributed by atoms with Gasteiger partial charge in [-0.1, -0.05) is 0 Å². The predicted molar refractivity (Wildman–Crippen MR) is 68.9 cm³/mol. The summed E-state index contributed by atoms with van der Waals surface area (Å²) in [6.07, 6.45) is 3.84. The average Bonchev–Trinajstić information content (AvgIpc) is 2.70. The van der Waals surface area contributed by atoms with Gasteiger partial charge in [-0.15, -0.1) is 0 Å². The maximum Gasteiger partial charge on any atom is 0.105 e. The number of nitrogens with zero attached hydrogens (tertiary/aromatic N) is 1. The Morgan fingerprint density at radius 3 is 2.82 bits per heavy atom. The van der Waals surface area contributed by atoms with Crippen molar-refractivity contribution in [2.75, 3.05) is 27.3 Å². The van der Waals surface area contributed by atoms with E-state index in [-0.39, 0.29) is 0 Å². The van der Waals surface area contributed by atoms with Crippen LogP contribution in [0.15, 0.2) is 16.7 Å². The van der Waals surface area contributed by atoms with Crippen molar-refractivity contribution in [2.24, 2.45) is 5.73 Å². The van der Waals surface area contributed by atoms with Crippen LogP contribution in [0.25, 0.3) is 0 Å². The highest BCUT2D eigenvalue weighted by molar-refractivity contribution is 5.15. The molecule has 0 radical (unpaired) electrons. The summed E-state index contributed by atoms with van der Waals surface area (Å²) in [5.41, 5.74) is 6.80. The Hall–Kier alpha value is -0.840. The molecule has 0 fully saturated rings. The number of rotatable bonds is 8. The van der Waals surface area contributed by atoms with Crippen LogP contribution in [0, 0.1) is 6.92 Å². The predicted octanol–water partition coefficient (Wildman–Crippen LogP) is 1.77. The third-order valence-electron chi connectivity index (χ3n) is 3.11. The first kappa shape index (κ1) is 14.2. The van der Waals surface area contributed by atoms with Crippen molar-refractivity contribution in [3.8, 4) is 0 Å². The first-order chi connectivity index (χ1) is 8.19. The number of methoxy groups -OCH3 is 1. The van der Waals surface area contributed by atoms with E-state index in [0.717, 1.165) is 38.3 Å². The molecule has 1 rings (SSSR count). The van der Waals surface area contributed by atoms with Crippen molar-refractivity contribution >= 4 is 0 Å². The molecule has 0 spiro atoms. The number of likely N-dealkylation sites (N-methyl/N-ethyl adjacent to an activating group) is 1. The van der Waals surface area contributed by atoms with E-state index >= 15 is 0 Å². The minimum absolute atomic E-state index is 0.415. The number of aryl methyl sites for hydroxylation is 1. The summed E-state index contributed by atoms with van der Waals surface area (Å²) >= 11 is 0. The van der Waals surface area contributed by atoms with Crippen LogP contribution >= 0.6 is 0 Å². The molecule has 0 saturated carbocycles.